The van der Waals surface area contributed by atoms with E-state index in [2.05, 4.69) is 4.98 Å². The molecular weight excluding hydrogens is 364 g/mol. The fourth-order valence-electron chi connectivity index (χ4n) is 3.78. The number of ketones is 1. The van der Waals surface area contributed by atoms with E-state index in [0.29, 0.717) is 43.3 Å². The Morgan fingerprint density at radius 2 is 1.62 bits per heavy atom. The van der Waals surface area contributed by atoms with Gasteiger partial charge in [-0.2, -0.15) is 0 Å². The summed E-state index contributed by atoms with van der Waals surface area (Å²) in [5, 5.41) is 0. The first kappa shape index (κ1) is 19.1. The topological polar surface area (TPSA) is 63.4 Å². The highest BCUT2D eigenvalue weighted by atomic mass is 16.4. The Labute approximate surface area is 170 Å². The number of likely N-dealkylation sites (tertiary alicyclic amines) is 1. The van der Waals surface area contributed by atoms with E-state index in [1.807, 2.05) is 72.5 Å². The van der Waals surface area contributed by atoms with Gasteiger partial charge >= 0.3 is 0 Å². The van der Waals surface area contributed by atoms with Crippen LogP contribution in [0.5, 0.6) is 0 Å². The molecule has 0 aliphatic carbocycles. The van der Waals surface area contributed by atoms with Crippen molar-refractivity contribution in [2.45, 2.75) is 26.2 Å². The molecule has 5 heteroatoms. The van der Waals surface area contributed by atoms with Gasteiger partial charge in [-0.25, -0.2) is 4.98 Å². The average molecular weight is 388 g/mol. The SMILES string of the molecule is Cc1oc(-c2ccccc2)nc1CC(=O)N1CCC(C(=O)c2ccccc2)CC1. The van der Waals surface area contributed by atoms with Crippen molar-refractivity contribution in [1.82, 2.24) is 9.88 Å². The standard InChI is InChI=1S/C24H24N2O3/c1-17-21(25-24(29-17)20-10-6-3-7-11-20)16-22(27)26-14-12-19(13-15-26)23(28)18-8-4-2-5-9-18/h2-11,19H,12-16H2,1H3. The van der Waals surface area contributed by atoms with E-state index in [4.69, 9.17) is 4.42 Å². The van der Waals surface area contributed by atoms with Gasteiger partial charge in [0.2, 0.25) is 11.8 Å². The summed E-state index contributed by atoms with van der Waals surface area (Å²) in [6.07, 6.45) is 1.62. The highest BCUT2D eigenvalue weighted by Gasteiger charge is 2.28. The number of piperidine rings is 1. The van der Waals surface area contributed by atoms with E-state index in [1.165, 1.54) is 0 Å². The van der Waals surface area contributed by atoms with Crippen LogP contribution < -0.4 is 0 Å². The number of Topliss-reactive ketones (excluding diaryl/α,β-unsaturated/α-hetero) is 1. The average Bonchev–Trinajstić information content (AvgIpc) is 3.14. The number of carbonyl (C=O) groups excluding carboxylic acids is 2. The van der Waals surface area contributed by atoms with Crippen molar-refractivity contribution in [1.29, 1.82) is 0 Å². The molecular formula is C24H24N2O3. The summed E-state index contributed by atoms with van der Waals surface area (Å²) in [7, 11) is 0. The number of aryl methyl sites for hydroxylation is 1. The Bertz CT molecular complexity index is 987. The molecule has 0 atom stereocenters. The van der Waals surface area contributed by atoms with Gasteiger partial charge in [-0.1, -0.05) is 48.5 Å². The van der Waals surface area contributed by atoms with Crippen molar-refractivity contribution in [3.8, 4) is 11.5 Å². The fourth-order valence-corrected chi connectivity index (χ4v) is 3.78. The minimum Gasteiger partial charge on any atom is -0.441 e. The van der Waals surface area contributed by atoms with E-state index in [-0.39, 0.29) is 24.0 Å². The molecule has 3 aromatic rings. The first-order valence-electron chi connectivity index (χ1n) is 10.0. The second-order valence-corrected chi connectivity index (χ2v) is 7.45. The van der Waals surface area contributed by atoms with E-state index < -0.39 is 0 Å². The van der Waals surface area contributed by atoms with E-state index in [9.17, 15) is 9.59 Å². The Morgan fingerprint density at radius 3 is 2.28 bits per heavy atom. The van der Waals surface area contributed by atoms with Gasteiger partial charge in [0.25, 0.3) is 0 Å². The summed E-state index contributed by atoms with van der Waals surface area (Å²) in [6.45, 7) is 3.04. The minimum absolute atomic E-state index is 0.0140. The van der Waals surface area contributed by atoms with Gasteiger partial charge in [0.15, 0.2) is 5.78 Å². The second-order valence-electron chi connectivity index (χ2n) is 7.45. The second kappa shape index (κ2) is 8.43. The van der Waals surface area contributed by atoms with Crippen molar-refractivity contribution in [2.75, 3.05) is 13.1 Å². The van der Waals surface area contributed by atoms with Crippen LogP contribution in [0.4, 0.5) is 0 Å². The quantitative estimate of drug-likeness (QED) is 0.611. The molecule has 0 spiro atoms. The van der Waals surface area contributed by atoms with Gasteiger partial charge in [-0.3, -0.25) is 9.59 Å². The third-order valence-electron chi connectivity index (χ3n) is 5.51. The molecule has 0 unspecified atom stereocenters. The number of aromatic nitrogens is 1. The number of carbonyl (C=O) groups is 2. The maximum Gasteiger partial charge on any atom is 0.228 e. The molecule has 5 nitrogen and oxygen atoms in total. The van der Waals surface area contributed by atoms with Crippen LogP contribution >= 0.6 is 0 Å². The van der Waals surface area contributed by atoms with Crippen LogP contribution in [-0.4, -0.2) is 34.7 Å². The molecule has 1 saturated heterocycles. The number of oxazole rings is 1. The number of hydrogen-bond donors (Lipinski definition) is 0. The van der Waals surface area contributed by atoms with Crippen molar-refractivity contribution < 1.29 is 14.0 Å². The lowest BCUT2D eigenvalue weighted by Crippen LogP contribution is -2.41. The molecule has 1 fully saturated rings. The normalized spacial score (nSPS) is 14.7. The lowest BCUT2D eigenvalue weighted by molar-refractivity contribution is -0.131. The monoisotopic (exact) mass is 388 g/mol. The van der Waals surface area contributed by atoms with E-state index >= 15 is 0 Å². The number of amides is 1. The first-order valence-corrected chi connectivity index (χ1v) is 10.0. The summed E-state index contributed by atoms with van der Waals surface area (Å²) in [6, 6.07) is 19.1. The predicted molar refractivity (Wildman–Crippen MR) is 110 cm³/mol. The highest BCUT2D eigenvalue weighted by Crippen LogP contribution is 2.24. The Morgan fingerprint density at radius 1 is 1.00 bits per heavy atom. The van der Waals surface area contributed by atoms with E-state index in [1.54, 1.807) is 0 Å². The van der Waals surface area contributed by atoms with Gasteiger partial charge in [-0.15, -0.1) is 0 Å². The lowest BCUT2D eigenvalue weighted by Gasteiger charge is -2.31. The van der Waals surface area contributed by atoms with Crippen molar-refractivity contribution in [2.24, 2.45) is 5.92 Å². The number of hydrogen-bond acceptors (Lipinski definition) is 4. The summed E-state index contributed by atoms with van der Waals surface area (Å²) >= 11 is 0. The number of benzene rings is 2. The molecule has 148 valence electrons. The molecule has 0 N–H and O–H groups in total. The number of rotatable bonds is 5. The van der Waals surface area contributed by atoms with Gasteiger partial charge in [0.1, 0.15) is 5.76 Å². The Hall–Kier alpha value is -3.21. The van der Waals surface area contributed by atoms with Crippen LogP contribution in [0, 0.1) is 12.8 Å². The minimum atomic E-state index is -0.0140. The third-order valence-corrected chi connectivity index (χ3v) is 5.51. The molecule has 0 radical (unpaired) electrons. The summed E-state index contributed by atoms with van der Waals surface area (Å²) in [5.41, 5.74) is 2.33. The predicted octanol–water partition coefficient (Wildman–Crippen LogP) is 4.31. The summed E-state index contributed by atoms with van der Waals surface area (Å²) < 4.78 is 5.76. The molecule has 2 heterocycles. The largest absolute Gasteiger partial charge is 0.441 e. The van der Waals surface area contributed by atoms with Gasteiger partial charge in [-0.05, 0) is 31.9 Å². The number of nitrogens with zero attached hydrogens (tertiary/aromatic N) is 2. The Kier molecular flexibility index (Phi) is 5.56. The zero-order valence-electron chi connectivity index (χ0n) is 16.5. The molecule has 1 amide bonds. The summed E-state index contributed by atoms with van der Waals surface area (Å²) in [4.78, 5) is 31.8. The molecule has 1 aromatic heterocycles. The van der Waals surface area contributed by atoms with Gasteiger partial charge in [0, 0.05) is 30.1 Å². The molecule has 2 aromatic carbocycles. The maximum atomic E-state index is 12.8. The van der Waals surface area contributed by atoms with Crippen LogP contribution in [0.3, 0.4) is 0 Å². The Balaban J connectivity index is 1.36. The molecule has 1 aliphatic heterocycles. The van der Waals surface area contributed by atoms with Crippen LogP contribution in [-0.2, 0) is 11.2 Å². The molecule has 0 bridgehead atoms. The molecule has 1 aliphatic rings. The highest BCUT2D eigenvalue weighted by molar-refractivity contribution is 5.98. The van der Waals surface area contributed by atoms with Crippen molar-refractivity contribution in [3.05, 3.63) is 77.7 Å². The van der Waals surface area contributed by atoms with Gasteiger partial charge in [0.05, 0.1) is 12.1 Å². The van der Waals surface area contributed by atoms with Crippen molar-refractivity contribution in [3.63, 3.8) is 0 Å². The van der Waals surface area contributed by atoms with Crippen LogP contribution in [0.2, 0.25) is 0 Å². The summed E-state index contributed by atoms with van der Waals surface area (Å²) in [5.74, 6) is 1.41. The van der Waals surface area contributed by atoms with E-state index in [0.717, 1.165) is 11.1 Å². The fraction of sp³-hybridized carbons (Fsp3) is 0.292. The van der Waals surface area contributed by atoms with Gasteiger partial charge < -0.3 is 9.32 Å². The lowest BCUT2D eigenvalue weighted by atomic mass is 9.89. The van der Waals surface area contributed by atoms with Crippen molar-refractivity contribution >= 4 is 11.7 Å². The van der Waals surface area contributed by atoms with Crippen LogP contribution in [0.25, 0.3) is 11.5 Å². The molecule has 29 heavy (non-hydrogen) atoms. The molecule has 0 saturated carbocycles. The van der Waals surface area contributed by atoms with Crippen LogP contribution in [0.15, 0.2) is 65.1 Å². The first-order chi connectivity index (χ1) is 14.1. The maximum absolute atomic E-state index is 12.8. The zero-order chi connectivity index (χ0) is 20.2. The smallest absolute Gasteiger partial charge is 0.228 e. The zero-order valence-corrected chi connectivity index (χ0v) is 16.5. The molecule has 4 rings (SSSR count). The van der Waals surface area contributed by atoms with Crippen LogP contribution in [0.1, 0.15) is 34.7 Å². The third kappa shape index (κ3) is 4.29.